The number of hydrogen-bond donors (Lipinski definition) is 2. The van der Waals surface area contributed by atoms with Gasteiger partial charge in [0.05, 0.1) is 6.26 Å². The van der Waals surface area contributed by atoms with Crippen molar-refractivity contribution >= 4 is 16.8 Å². The van der Waals surface area contributed by atoms with Crippen LogP contribution in [0.25, 0.3) is 11.0 Å². The van der Waals surface area contributed by atoms with Crippen LogP contribution in [0.15, 0.2) is 34.9 Å². The highest BCUT2D eigenvalue weighted by atomic mass is 16.5. The van der Waals surface area contributed by atoms with Crippen molar-refractivity contribution in [2.45, 2.75) is 0 Å². The maximum Gasteiger partial charge on any atom is 0.175 e. The number of para-hydroxylation sites is 1. The van der Waals surface area contributed by atoms with Crippen LogP contribution in [0.1, 0.15) is 0 Å². The normalized spacial score (nSPS) is 10.3. The van der Waals surface area contributed by atoms with Crippen LogP contribution < -0.4 is 10.5 Å². The van der Waals surface area contributed by atoms with Crippen LogP contribution in [0.4, 0.5) is 0 Å². The first-order valence-electron chi connectivity index (χ1n) is 4.19. The minimum atomic E-state index is -0.00596. The molecule has 4 nitrogen and oxygen atoms in total. The SMILES string of the molecule is N=C(N)COc1cccc2ccoc12. The molecule has 0 aliphatic rings. The van der Waals surface area contributed by atoms with Crippen molar-refractivity contribution < 1.29 is 9.15 Å². The van der Waals surface area contributed by atoms with Gasteiger partial charge in [0.15, 0.2) is 11.3 Å². The minimum absolute atomic E-state index is 0.00596. The fourth-order valence-electron chi connectivity index (χ4n) is 1.23. The average Bonchev–Trinajstić information content (AvgIpc) is 2.62. The molecule has 0 saturated heterocycles. The number of nitrogens with two attached hydrogens (primary N) is 1. The zero-order valence-electron chi connectivity index (χ0n) is 7.49. The van der Waals surface area contributed by atoms with E-state index in [1.54, 1.807) is 12.3 Å². The van der Waals surface area contributed by atoms with Gasteiger partial charge in [0, 0.05) is 5.39 Å². The van der Waals surface area contributed by atoms with Crippen molar-refractivity contribution in [1.29, 1.82) is 5.41 Å². The third-order valence-corrected chi connectivity index (χ3v) is 1.83. The van der Waals surface area contributed by atoms with Crippen LogP contribution >= 0.6 is 0 Å². The van der Waals surface area contributed by atoms with Crippen LogP contribution in [0, 0.1) is 5.41 Å². The highest BCUT2D eigenvalue weighted by molar-refractivity contribution is 5.84. The summed E-state index contributed by atoms with van der Waals surface area (Å²) in [5.41, 5.74) is 5.88. The predicted molar refractivity (Wildman–Crippen MR) is 53.6 cm³/mol. The molecule has 4 heteroatoms. The van der Waals surface area contributed by atoms with Crippen LogP contribution in [0.5, 0.6) is 5.75 Å². The van der Waals surface area contributed by atoms with E-state index in [-0.39, 0.29) is 12.4 Å². The Labute approximate surface area is 80.8 Å². The zero-order chi connectivity index (χ0) is 9.97. The standard InChI is InChI=1S/C10H10N2O2/c11-9(12)6-14-8-3-1-2-7-4-5-13-10(7)8/h1-5H,6H2,(H3,11,12). The van der Waals surface area contributed by atoms with E-state index >= 15 is 0 Å². The van der Waals surface area contributed by atoms with E-state index in [4.69, 9.17) is 20.3 Å². The molecule has 0 fully saturated rings. The monoisotopic (exact) mass is 190 g/mol. The molecular formula is C10H10N2O2. The zero-order valence-corrected chi connectivity index (χ0v) is 7.49. The fourth-order valence-corrected chi connectivity index (χ4v) is 1.23. The molecule has 0 saturated carbocycles. The van der Waals surface area contributed by atoms with Crippen LogP contribution in [-0.4, -0.2) is 12.4 Å². The largest absolute Gasteiger partial charge is 0.482 e. The molecule has 0 bridgehead atoms. The van der Waals surface area contributed by atoms with Crippen molar-refractivity contribution in [1.82, 2.24) is 0 Å². The van der Waals surface area contributed by atoms with Crippen molar-refractivity contribution in [2.24, 2.45) is 5.73 Å². The predicted octanol–water partition coefficient (Wildman–Crippen LogP) is 1.75. The third kappa shape index (κ3) is 1.54. The molecule has 2 rings (SSSR count). The molecule has 14 heavy (non-hydrogen) atoms. The summed E-state index contributed by atoms with van der Waals surface area (Å²) in [6.07, 6.45) is 1.60. The molecular weight excluding hydrogens is 180 g/mol. The average molecular weight is 190 g/mol. The van der Waals surface area contributed by atoms with Gasteiger partial charge >= 0.3 is 0 Å². The first kappa shape index (κ1) is 8.62. The summed E-state index contributed by atoms with van der Waals surface area (Å²) in [5.74, 6) is 0.608. The van der Waals surface area contributed by atoms with E-state index in [0.29, 0.717) is 11.3 Å². The lowest BCUT2D eigenvalue weighted by atomic mass is 10.2. The van der Waals surface area contributed by atoms with E-state index in [1.807, 2.05) is 18.2 Å². The van der Waals surface area contributed by atoms with Gasteiger partial charge in [-0.1, -0.05) is 12.1 Å². The smallest absolute Gasteiger partial charge is 0.175 e. The summed E-state index contributed by atoms with van der Waals surface area (Å²) in [6.45, 7) is 0.0831. The molecule has 3 N–H and O–H groups in total. The highest BCUT2D eigenvalue weighted by Crippen LogP contribution is 2.25. The molecule has 2 aromatic rings. The number of rotatable bonds is 3. The third-order valence-electron chi connectivity index (χ3n) is 1.83. The highest BCUT2D eigenvalue weighted by Gasteiger charge is 2.04. The summed E-state index contributed by atoms with van der Waals surface area (Å²) < 4.78 is 10.5. The van der Waals surface area contributed by atoms with Crippen LogP contribution in [0.3, 0.4) is 0 Å². The lowest BCUT2D eigenvalue weighted by Gasteiger charge is -2.04. The van der Waals surface area contributed by atoms with Crippen molar-refractivity contribution in [2.75, 3.05) is 6.61 Å². The van der Waals surface area contributed by atoms with E-state index < -0.39 is 0 Å². The quantitative estimate of drug-likeness (QED) is 0.572. The molecule has 1 aromatic carbocycles. The number of nitrogens with one attached hydrogen (secondary N) is 1. The summed E-state index contributed by atoms with van der Waals surface area (Å²) >= 11 is 0. The number of furan rings is 1. The summed E-state index contributed by atoms with van der Waals surface area (Å²) in [5, 5.41) is 8.01. The fraction of sp³-hybridized carbons (Fsp3) is 0.100. The molecule has 0 aliphatic carbocycles. The molecule has 0 atom stereocenters. The molecule has 0 unspecified atom stereocenters. The molecule has 0 aliphatic heterocycles. The number of fused-ring (bicyclic) bond motifs is 1. The Morgan fingerprint density at radius 1 is 1.43 bits per heavy atom. The summed E-state index contributed by atoms with van der Waals surface area (Å²) in [6, 6.07) is 7.44. The van der Waals surface area contributed by atoms with Crippen molar-refractivity contribution in [3.63, 3.8) is 0 Å². The van der Waals surface area contributed by atoms with E-state index in [1.165, 1.54) is 0 Å². The summed E-state index contributed by atoms with van der Waals surface area (Å²) in [7, 11) is 0. The van der Waals surface area contributed by atoms with Crippen LogP contribution in [-0.2, 0) is 0 Å². The Balaban J connectivity index is 2.32. The lowest BCUT2D eigenvalue weighted by molar-refractivity contribution is 0.372. The Kier molecular flexibility index (Phi) is 2.10. The van der Waals surface area contributed by atoms with Gasteiger partial charge in [-0.2, -0.15) is 0 Å². The second kappa shape index (κ2) is 3.41. The van der Waals surface area contributed by atoms with Crippen LogP contribution in [0.2, 0.25) is 0 Å². The Morgan fingerprint density at radius 2 is 2.29 bits per heavy atom. The summed E-state index contributed by atoms with van der Waals surface area (Å²) in [4.78, 5) is 0. The molecule has 0 radical (unpaired) electrons. The molecule has 1 heterocycles. The van der Waals surface area contributed by atoms with Gasteiger partial charge in [-0.25, -0.2) is 0 Å². The van der Waals surface area contributed by atoms with Gasteiger partial charge in [-0.05, 0) is 12.1 Å². The van der Waals surface area contributed by atoms with Gasteiger partial charge in [0.2, 0.25) is 0 Å². The number of benzene rings is 1. The molecule has 1 aromatic heterocycles. The van der Waals surface area contributed by atoms with Gasteiger partial charge < -0.3 is 14.9 Å². The second-order valence-electron chi connectivity index (χ2n) is 2.91. The maximum absolute atomic E-state index is 7.04. The van der Waals surface area contributed by atoms with Crippen molar-refractivity contribution in [3.8, 4) is 5.75 Å². The minimum Gasteiger partial charge on any atom is -0.482 e. The first-order valence-corrected chi connectivity index (χ1v) is 4.19. The van der Waals surface area contributed by atoms with E-state index in [0.717, 1.165) is 5.39 Å². The Morgan fingerprint density at radius 3 is 3.07 bits per heavy atom. The molecule has 0 amide bonds. The second-order valence-corrected chi connectivity index (χ2v) is 2.91. The van der Waals surface area contributed by atoms with Crippen molar-refractivity contribution in [3.05, 3.63) is 30.5 Å². The number of ether oxygens (including phenoxy) is 1. The number of amidine groups is 1. The first-order chi connectivity index (χ1) is 6.77. The molecule has 72 valence electrons. The Hall–Kier alpha value is -1.97. The van der Waals surface area contributed by atoms with Gasteiger partial charge in [0.1, 0.15) is 12.4 Å². The van der Waals surface area contributed by atoms with E-state index in [2.05, 4.69) is 0 Å². The topological polar surface area (TPSA) is 72.2 Å². The van der Waals surface area contributed by atoms with E-state index in [9.17, 15) is 0 Å². The molecule has 0 spiro atoms. The Bertz CT molecular complexity index is 462. The van der Waals surface area contributed by atoms with Gasteiger partial charge in [0.25, 0.3) is 0 Å². The van der Waals surface area contributed by atoms with Gasteiger partial charge in [-0.3, -0.25) is 5.41 Å². The lowest BCUT2D eigenvalue weighted by Crippen LogP contribution is -2.19. The number of hydrogen-bond acceptors (Lipinski definition) is 3. The maximum atomic E-state index is 7.04. The van der Waals surface area contributed by atoms with Gasteiger partial charge in [-0.15, -0.1) is 0 Å².